The number of carbonyl (C=O) groups is 1. The van der Waals surface area contributed by atoms with Crippen molar-refractivity contribution in [2.24, 2.45) is 0 Å². The van der Waals surface area contributed by atoms with Crippen molar-refractivity contribution in [3.63, 3.8) is 0 Å². The third-order valence-electron chi connectivity index (χ3n) is 5.31. The van der Waals surface area contributed by atoms with Crippen molar-refractivity contribution in [3.05, 3.63) is 54.1 Å². The number of nitrogens with zero attached hydrogens (tertiary/aromatic N) is 1. The average Bonchev–Trinajstić information content (AvgIpc) is 3.20. The van der Waals surface area contributed by atoms with Gasteiger partial charge in [-0.25, -0.2) is 8.42 Å². The second kappa shape index (κ2) is 8.14. The summed E-state index contributed by atoms with van der Waals surface area (Å²) in [5, 5.41) is 13.9. The number of benzene rings is 2. The normalized spacial score (nSPS) is 19.5. The molecule has 0 unspecified atom stereocenters. The first-order chi connectivity index (χ1) is 13.7. The Bertz CT molecular complexity index is 969. The van der Waals surface area contributed by atoms with E-state index in [9.17, 15) is 18.3 Å². The first-order valence-corrected chi connectivity index (χ1v) is 10.9. The predicted octanol–water partition coefficient (Wildman–Crippen LogP) is 2.71. The zero-order valence-corrected chi connectivity index (χ0v) is 17.6. The maximum Gasteiger partial charge on any atom is 0.243 e. The number of ether oxygens (including phenoxy) is 1. The average molecular weight is 419 g/mol. The van der Waals surface area contributed by atoms with Crippen LogP contribution in [0.4, 0.5) is 5.69 Å². The molecular formula is C21H26N2O5S. The van der Waals surface area contributed by atoms with Gasteiger partial charge >= 0.3 is 0 Å². The minimum absolute atomic E-state index is 0.129. The Labute approximate surface area is 171 Å². The lowest BCUT2D eigenvalue weighted by molar-refractivity contribution is -0.114. The van der Waals surface area contributed by atoms with Gasteiger partial charge < -0.3 is 15.2 Å². The standard InChI is InChI=1S/C21H26N2O5S/c1-15(24)22-17-8-12-19(13-9-17)29(26,27)23-14-4-5-20(23)21(2,25)16-6-10-18(28-3)11-7-16/h6-13,20,25H,4-5,14H2,1-3H3,(H,22,24)/t20-,21-/m0/s1. The maximum absolute atomic E-state index is 13.3. The molecule has 0 aliphatic carbocycles. The molecule has 2 atom stereocenters. The third-order valence-corrected chi connectivity index (χ3v) is 7.23. The molecule has 0 bridgehead atoms. The lowest BCUT2D eigenvalue weighted by Crippen LogP contribution is -2.48. The van der Waals surface area contributed by atoms with Crippen molar-refractivity contribution in [1.82, 2.24) is 4.31 Å². The number of hydrogen-bond donors (Lipinski definition) is 2. The van der Waals surface area contributed by atoms with Gasteiger partial charge in [-0.2, -0.15) is 4.31 Å². The summed E-state index contributed by atoms with van der Waals surface area (Å²) in [6, 6.07) is 12.5. The Hall–Kier alpha value is -2.42. The summed E-state index contributed by atoms with van der Waals surface area (Å²) in [7, 11) is -2.24. The van der Waals surface area contributed by atoms with E-state index in [-0.39, 0.29) is 10.8 Å². The molecule has 1 heterocycles. The van der Waals surface area contributed by atoms with E-state index in [1.807, 2.05) is 0 Å². The molecule has 1 amide bonds. The van der Waals surface area contributed by atoms with Crippen LogP contribution in [0.2, 0.25) is 0 Å². The Kier molecular flexibility index (Phi) is 5.97. The fraction of sp³-hybridized carbons (Fsp3) is 0.381. The van der Waals surface area contributed by atoms with Crippen molar-refractivity contribution in [2.75, 3.05) is 19.0 Å². The van der Waals surface area contributed by atoms with Crippen LogP contribution in [-0.2, 0) is 20.4 Å². The van der Waals surface area contributed by atoms with Crippen LogP contribution in [0, 0.1) is 0 Å². The van der Waals surface area contributed by atoms with Gasteiger partial charge in [0.05, 0.1) is 18.0 Å². The number of amides is 1. The van der Waals surface area contributed by atoms with Crippen LogP contribution in [0.5, 0.6) is 5.75 Å². The van der Waals surface area contributed by atoms with Crippen molar-refractivity contribution >= 4 is 21.6 Å². The largest absolute Gasteiger partial charge is 0.497 e. The van der Waals surface area contributed by atoms with E-state index in [1.165, 1.54) is 23.4 Å². The molecule has 156 valence electrons. The Balaban J connectivity index is 1.89. The number of anilines is 1. The summed E-state index contributed by atoms with van der Waals surface area (Å²) >= 11 is 0. The molecule has 2 aromatic rings. The lowest BCUT2D eigenvalue weighted by atomic mass is 9.87. The maximum atomic E-state index is 13.3. The molecule has 0 aromatic heterocycles. The first kappa shape index (κ1) is 21.3. The third kappa shape index (κ3) is 4.29. The van der Waals surface area contributed by atoms with Crippen LogP contribution >= 0.6 is 0 Å². The summed E-state index contributed by atoms with van der Waals surface area (Å²) in [6.07, 6.45) is 1.22. The van der Waals surface area contributed by atoms with Gasteiger partial charge in [-0.05, 0) is 61.7 Å². The van der Waals surface area contributed by atoms with E-state index >= 15 is 0 Å². The fourth-order valence-corrected chi connectivity index (χ4v) is 5.53. The molecule has 1 fully saturated rings. The van der Waals surface area contributed by atoms with Crippen LogP contribution in [0.15, 0.2) is 53.4 Å². The number of sulfonamides is 1. The van der Waals surface area contributed by atoms with Gasteiger partial charge in [0, 0.05) is 19.2 Å². The first-order valence-electron chi connectivity index (χ1n) is 9.42. The molecule has 7 nitrogen and oxygen atoms in total. The van der Waals surface area contributed by atoms with E-state index < -0.39 is 21.7 Å². The van der Waals surface area contributed by atoms with Gasteiger partial charge in [-0.1, -0.05) is 12.1 Å². The van der Waals surface area contributed by atoms with Crippen molar-refractivity contribution in [1.29, 1.82) is 0 Å². The number of aliphatic hydroxyl groups is 1. The Morgan fingerprint density at radius 3 is 2.34 bits per heavy atom. The fourth-order valence-electron chi connectivity index (χ4n) is 3.76. The molecule has 2 N–H and O–H groups in total. The predicted molar refractivity (Wildman–Crippen MR) is 110 cm³/mol. The molecule has 29 heavy (non-hydrogen) atoms. The molecule has 1 aliphatic heterocycles. The van der Waals surface area contributed by atoms with E-state index in [0.717, 1.165) is 0 Å². The van der Waals surface area contributed by atoms with E-state index in [2.05, 4.69) is 5.32 Å². The molecule has 3 rings (SSSR count). The lowest BCUT2D eigenvalue weighted by Gasteiger charge is -2.36. The second-order valence-electron chi connectivity index (χ2n) is 7.36. The van der Waals surface area contributed by atoms with Crippen LogP contribution < -0.4 is 10.1 Å². The number of methoxy groups -OCH3 is 1. The number of hydrogen-bond acceptors (Lipinski definition) is 5. The summed E-state index contributed by atoms with van der Waals surface area (Å²) in [5.41, 5.74) is -0.197. The quantitative estimate of drug-likeness (QED) is 0.752. The number of rotatable bonds is 6. The summed E-state index contributed by atoms with van der Waals surface area (Å²) in [5.74, 6) is 0.440. The van der Waals surface area contributed by atoms with Crippen molar-refractivity contribution in [3.8, 4) is 5.75 Å². The molecule has 0 spiro atoms. The smallest absolute Gasteiger partial charge is 0.243 e. The highest BCUT2D eigenvalue weighted by atomic mass is 32.2. The summed E-state index contributed by atoms with van der Waals surface area (Å²) in [6.45, 7) is 3.38. The minimum atomic E-state index is -3.80. The molecular weight excluding hydrogens is 392 g/mol. The van der Waals surface area contributed by atoms with Crippen LogP contribution in [0.25, 0.3) is 0 Å². The Morgan fingerprint density at radius 2 is 1.79 bits per heavy atom. The van der Waals surface area contributed by atoms with E-state index in [0.29, 0.717) is 36.4 Å². The van der Waals surface area contributed by atoms with Gasteiger partial charge in [-0.3, -0.25) is 4.79 Å². The van der Waals surface area contributed by atoms with Gasteiger partial charge in [0.25, 0.3) is 0 Å². The van der Waals surface area contributed by atoms with Crippen molar-refractivity contribution < 1.29 is 23.1 Å². The highest BCUT2D eigenvalue weighted by Crippen LogP contribution is 2.38. The molecule has 1 saturated heterocycles. The summed E-state index contributed by atoms with van der Waals surface area (Å²) in [4.78, 5) is 11.3. The van der Waals surface area contributed by atoms with Gasteiger partial charge in [0.1, 0.15) is 11.4 Å². The van der Waals surface area contributed by atoms with Crippen LogP contribution in [0.1, 0.15) is 32.3 Å². The molecule has 1 aliphatic rings. The molecule has 8 heteroatoms. The highest BCUT2D eigenvalue weighted by Gasteiger charge is 2.45. The van der Waals surface area contributed by atoms with Crippen LogP contribution in [0.3, 0.4) is 0 Å². The van der Waals surface area contributed by atoms with E-state index in [1.54, 1.807) is 50.4 Å². The zero-order chi connectivity index (χ0) is 21.2. The van der Waals surface area contributed by atoms with Crippen molar-refractivity contribution in [2.45, 2.75) is 43.2 Å². The number of nitrogens with one attached hydrogen (secondary N) is 1. The summed E-state index contributed by atoms with van der Waals surface area (Å²) < 4.78 is 33.1. The van der Waals surface area contributed by atoms with E-state index in [4.69, 9.17) is 4.74 Å². The van der Waals surface area contributed by atoms with Gasteiger partial charge in [0.2, 0.25) is 15.9 Å². The zero-order valence-electron chi connectivity index (χ0n) is 16.8. The SMILES string of the molecule is COc1ccc([C@](C)(O)[C@@H]2CCCN2S(=O)(=O)c2ccc(NC(C)=O)cc2)cc1. The molecule has 2 aromatic carbocycles. The Morgan fingerprint density at radius 1 is 1.17 bits per heavy atom. The van der Waals surface area contributed by atoms with Gasteiger partial charge in [-0.15, -0.1) is 0 Å². The molecule has 0 radical (unpaired) electrons. The highest BCUT2D eigenvalue weighted by molar-refractivity contribution is 7.89. The monoisotopic (exact) mass is 418 g/mol. The molecule has 0 saturated carbocycles. The minimum Gasteiger partial charge on any atom is -0.497 e. The van der Waals surface area contributed by atoms with Gasteiger partial charge in [0.15, 0.2) is 0 Å². The van der Waals surface area contributed by atoms with Crippen LogP contribution in [-0.4, -0.2) is 43.4 Å². The topological polar surface area (TPSA) is 95.9 Å². The number of carbonyl (C=O) groups excluding carboxylic acids is 1. The second-order valence-corrected chi connectivity index (χ2v) is 9.25.